The summed E-state index contributed by atoms with van der Waals surface area (Å²) in [5, 5.41) is 9.86. The van der Waals surface area contributed by atoms with Crippen LogP contribution in [0.5, 0.6) is 0 Å². The van der Waals surface area contributed by atoms with Gasteiger partial charge in [0.1, 0.15) is 21.8 Å². The van der Waals surface area contributed by atoms with E-state index in [1.54, 1.807) is 9.47 Å². The van der Waals surface area contributed by atoms with Crippen molar-refractivity contribution in [2.24, 2.45) is 0 Å². The number of unbranched alkanes of at least 4 members (excludes halogenated alkanes) is 4. The number of hydrogen-bond donors (Lipinski definition) is 0. The zero-order valence-electron chi connectivity index (χ0n) is 23.1. The van der Waals surface area contributed by atoms with Gasteiger partial charge in [0.25, 0.3) is 11.5 Å². The molecule has 0 spiro atoms. The van der Waals surface area contributed by atoms with E-state index >= 15 is 0 Å². The second-order valence-corrected chi connectivity index (χ2v) is 11.6. The minimum Gasteiger partial charge on any atom is -0.368 e. The second kappa shape index (κ2) is 13.3. The van der Waals surface area contributed by atoms with Crippen molar-refractivity contribution >= 4 is 51.8 Å². The van der Waals surface area contributed by atoms with Gasteiger partial charge in [0.05, 0.1) is 4.91 Å². The van der Waals surface area contributed by atoms with E-state index < -0.39 is 0 Å². The zero-order valence-corrected chi connectivity index (χ0v) is 24.7. The molecule has 0 atom stereocenters. The van der Waals surface area contributed by atoms with Crippen molar-refractivity contribution in [2.75, 3.05) is 42.5 Å². The van der Waals surface area contributed by atoms with Gasteiger partial charge < -0.3 is 9.80 Å². The summed E-state index contributed by atoms with van der Waals surface area (Å²) in [6, 6.07) is 12.4. The molecule has 2 fully saturated rings. The number of pyridine rings is 1. The molecule has 1 aromatic heterocycles. The third-order valence-corrected chi connectivity index (χ3v) is 8.88. The van der Waals surface area contributed by atoms with Crippen LogP contribution in [0.2, 0.25) is 0 Å². The van der Waals surface area contributed by atoms with E-state index in [0.717, 1.165) is 56.8 Å². The molecule has 206 valence electrons. The summed E-state index contributed by atoms with van der Waals surface area (Å²) in [5.41, 5.74) is 2.39. The molecule has 0 saturated carbocycles. The molecule has 2 aliphatic rings. The largest absolute Gasteiger partial charge is 0.368 e. The van der Waals surface area contributed by atoms with Crippen LogP contribution in [-0.4, -0.2) is 52.4 Å². The fourth-order valence-corrected chi connectivity index (χ4v) is 6.58. The summed E-state index contributed by atoms with van der Waals surface area (Å²) in [4.78, 5) is 33.6. The van der Waals surface area contributed by atoms with Crippen LogP contribution in [0.3, 0.4) is 0 Å². The van der Waals surface area contributed by atoms with Crippen LogP contribution in [0.4, 0.5) is 11.5 Å². The molecule has 4 rings (SSSR count). The van der Waals surface area contributed by atoms with E-state index in [-0.39, 0.29) is 17.0 Å². The topological polar surface area (TPSA) is 72.6 Å². The first-order valence-electron chi connectivity index (χ1n) is 13.9. The Morgan fingerprint density at radius 2 is 1.67 bits per heavy atom. The molecular formula is C30H37N5O2S2. The number of carbonyl (C=O) groups excluding carboxylic acids is 1. The Hall–Kier alpha value is -3.09. The molecule has 2 aliphatic heterocycles. The highest BCUT2D eigenvalue weighted by molar-refractivity contribution is 8.26. The van der Waals surface area contributed by atoms with Crippen molar-refractivity contribution in [1.82, 2.24) is 9.47 Å². The highest BCUT2D eigenvalue weighted by Gasteiger charge is 2.33. The van der Waals surface area contributed by atoms with Crippen LogP contribution in [0.1, 0.15) is 62.6 Å². The molecule has 3 heterocycles. The Balaban J connectivity index is 1.66. The monoisotopic (exact) mass is 563 g/mol. The quantitative estimate of drug-likeness (QED) is 0.213. The van der Waals surface area contributed by atoms with Crippen LogP contribution in [0.25, 0.3) is 6.08 Å². The van der Waals surface area contributed by atoms with Gasteiger partial charge in [-0.1, -0.05) is 74.8 Å². The molecule has 9 heteroatoms. The fourth-order valence-electron chi connectivity index (χ4n) is 5.29. The SMILES string of the molecule is CCCCCCCN1C(=O)/C(=C/c2c(C)c(C#N)c(=O)n(CC)c2N2CCN(c3ccccc3)CC2)SC1=S. The highest BCUT2D eigenvalue weighted by atomic mass is 32.2. The highest BCUT2D eigenvalue weighted by Crippen LogP contribution is 2.36. The lowest BCUT2D eigenvalue weighted by Gasteiger charge is -2.39. The van der Waals surface area contributed by atoms with Gasteiger partial charge in [0, 0.05) is 50.5 Å². The first-order chi connectivity index (χ1) is 18.9. The van der Waals surface area contributed by atoms with Crippen molar-refractivity contribution in [1.29, 1.82) is 5.26 Å². The van der Waals surface area contributed by atoms with Crippen LogP contribution in [0, 0.1) is 18.3 Å². The lowest BCUT2D eigenvalue weighted by molar-refractivity contribution is -0.122. The molecule has 2 aromatic rings. The number of piperazine rings is 1. The minimum atomic E-state index is -0.283. The number of amides is 1. The molecule has 0 bridgehead atoms. The second-order valence-electron chi connectivity index (χ2n) is 9.96. The number of benzene rings is 1. The van der Waals surface area contributed by atoms with E-state index in [9.17, 15) is 14.9 Å². The molecule has 7 nitrogen and oxygen atoms in total. The maximum atomic E-state index is 13.4. The third-order valence-electron chi connectivity index (χ3n) is 7.50. The summed E-state index contributed by atoms with van der Waals surface area (Å²) in [6.45, 7) is 10.0. The van der Waals surface area contributed by atoms with Crippen LogP contribution in [-0.2, 0) is 11.3 Å². The number of para-hydroxylation sites is 1. The van der Waals surface area contributed by atoms with Gasteiger partial charge in [-0.25, -0.2) is 0 Å². The summed E-state index contributed by atoms with van der Waals surface area (Å²) >= 11 is 6.89. The maximum Gasteiger partial charge on any atom is 0.270 e. The fraction of sp³-hybridized carbons (Fsp3) is 0.467. The van der Waals surface area contributed by atoms with Gasteiger partial charge in [0.2, 0.25) is 0 Å². The van der Waals surface area contributed by atoms with Crippen LogP contribution in [0.15, 0.2) is 40.0 Å². The van der Waals surface area contributed by atoms with E-state index in [0.29, 0.717) is 27.9 Å². The number of aromatic nitrogens is 1. The third kappa shape index (κ3) is 6.23. The molecular weight excluding hydrogens is 526 g/mol. The van der Waals surface area contributed by atoms with Crippen molar-refractivity contribution in [3.05, 3.63) is 62.3 Å². The molecule has 39 heavy (non-hydrogen) atoms. The molecule has 1 aromatic carbocycles. The number of nitrogens with zero attached hydrogens (tertiary/aromatic N) is 5. The lowest BCUT2D eigenvalue weighted by atomic mass is 10.0. The smallest absolute Gasteiger partial charge is 0.270 e. The first-order valence-corrected chi connectivity index (χ1v) is 15.1. The molecule has 1 amide bonds. The van der Waals surface area contributed by atoms with Gasteiger partial charge >= 0.3 is 0 Å². The summed E-state index contributed by atoms with van der Waals surface area (Å²) in [7, 11) is 0. The van der Waals surface area contributed by atoms with Crippen molar-refractivity contribution in [2.45, 2.75) is 59.4 Å². The average Bonchev–Trinajstić information content (AvgIpc) is 3.22. The van der Waals surface area contributed by atoms with Gasteiger partial charge in [-0.2, -0.15) is 5.26 Å². The van der Waals surface area contributed by atoms with Crippen molar-refractivity contribution in [3.8, 4) is 6.07 Å². The van der Waals surface area contributed by atoms with Crippen LogP contribution < -0.4 is 15.4 Å². The molecule has 0 radical (unpaired) electrons. The number of thiocarbonyl (C=S) groups is 1. The lowest BCUT2D eigenvalue weighted by Crippen LogP contribution is -2.48. The number of carbonyl (C=O) groups is 1. The predicted octanol–water partition coefficient (Wildman–Crippen LogP) is 5.55. The van der Waals surface area contributed by atoms with E-state index in [1.165, 1.54) is 30.3 Å². The number of rotatable bonds is 10. The average molecular weight is 564 g/mol. The Bertz CT molecular complexity index is 1340. The Morgan fingerprint density at radius 1 is 1.00 bits per heavy atom. The molecule has 0 N–H and O–H groups in total. The summed E-state index contributed by atoms with van der Waals surface area (Å²) in [6.07, 6.45) is 7.41. The van der Waals surface area contributed by atoms with E-state index in [4.69, 9.17) is 12.2 Å². The summed E-state index contributed by atoms with van der Waals surface area (Å²) < 4.78 is 2.26. The number of anilines is 2. The van der Waals surface area contributed by atoms with Crippen LogP contribution >= 0.6 is 24.0 Å². The van der Waals surface area contributed by atoms with E-state index in [2.05, 4.69) is 34.9 Å². The minimum absolute atomic E-state index is 0.0903. The first kappa shape index (κ1) is 28.9. The molecule has 2 saturated heterocycles. The van der Waals surface area contributed by atoms with Gasteiger partial charge in [-0.15, -0.1) is 0 Å². The maximum absolute atomic E-state index is 13.4. The van der Waals surface area contributed by atoms with Crippen molar-refractivity contribution < 1.29 is 4.79 Å². The Morgan fingerprint density at radius 3 is 2.31 bits per heavy atom. The van der Waals surface area contributed by atoms with Gasteiger partial charge in [-0.3, -0.25) is 19.1 Å². The van der Waals surface area contributed by atoms with E-state index in [1.807, 2.05) is 38.1 Å². The normalized spacial score (nSPS) is 16.9. The number of thioether (sulfide) groups is 1. The number of hydrogen-bond acceptors (Lipinski definition) is 7. The Labute approximate surface area is 241 Å². The Kier molecular flexibility index (Phi) is 9.87. The summed E-state index contributed by atoms with van der Waals surface area (Å²) in [5.74, 6) is 0.684. The van der Waals surface area contributed by atoms with Gasteiger partial charge in [-0.05, 0) is 44.0 Å². The predicted molar refractivity (Wildman–Crippen MR) is 165 cm³/mol. The number of nitriles is 1. The standard InChI is InChI=1S/C30H37N5O2S2/c1-4-6-7-8-12-15-35-29(37)26(39-30(35)38)20-24-22(3)25(21-31)28(36)34(5-2)27(24)33-18-16-32(17-19-33)23-13-10-9-11-14-23/h9-11,13-14,20H,4-8,12,15-19H2,1-3H3/b26-20-. The van der Waals surface area contributed by atoms with Gasteiger partial charge in [0.15, 0.2) is 0 Å². The van der Waals surface area contributed by atoms with Crippen molar-refractivity contribution in [3.63, 3.8) is 0 Å². The zero-order chi connectivity index (χ0) is 27.9. The molecule has 0 unspecified atom stereocenters. The molecule has 0 aliphatic carbocycles.